The van der Waals surface area contributed by atoms with Gasteiger partial charge in [0.05, 0.1) is 0 Å². The predicted molar refractivity (Wildman–Crippen MR) is 155 cm³/mol. The van der Waals surface area contributed by atoms with E-state index in [2.05, 4.69) is 90.3 Å². The molecule has 0 bridgehead atoms. The smallest absolute Gasteiger partial charge is 0.303 e. The summed E-state index contributed by atoms with van der Waals surface area (Å²) in [6, 6.07) is 15.5. The molecule has 0 aliphatic carbocycles. The second kappa shape index (κ2) is 14.4. The number of nitrogens with zero attached hydrogens (tertiary/aromatic N) is 3. The molecule has 0 aliphatic rings. The van der Waals surface area contributed by atoms with Crippen molar-refractivity contribution in [1.82, 2.24) is 5.32 Å². The summed E-state index contributed by atoms with van der Waals surface area (Å²) >= 11 is 0. The Labute approximate surface area is 222 Å². The monoisotopic (exact) mass is 509 g/mol. The van der Waals surface area contributed by atoms with Crippen molar-refractivity contribution in [3.63, 3.8) is 0 Å². The van der Waals surface area contributed by atoms with Gasteiger partial charge in [-0.3, -0.25) is 9.59 Å². The van der Waals surface area contributed by atoms with Crippen molar-refractivity contribution < 1.29 is 19.3 Å². The Kier molecular flexibility index (Phi) is 11.6. The van der Waals surface area contributed by atoms with Gasteiger partial charge in [-0.15, -0.1) is 0 Å². The molecule has 0 spiro atoms. The highest BCUT2D eigenvalue weighted by Crippen LogP contribution is 2.25. The lowest BCUT2D eigenvalue weighted by atomic mass is 10.1. The van der Waals surface area contributed by atoms with Crippen molar-refractivity contribution in [3.05, 3.63) is 42.5 Å². The van der Waals surface area contributed by atoms with Crippen LogP contribution in [0.5, 0.6) is 0 Å². The molecule has 0 aliphatic heterocycles. The minimum absolute atomic E-state index is 0. The lowest BCUT2D eigenvalue weighted by molar-refractivity contribution is -0.645. The van der Waals surface area contributed by atoms with Gasteiger partial charge >= 0.3 is 5.97 Å². The molecule has 2 aromatic carbocycles. The Morgan fingerprint density at radius 1 is 0.757 bits per heavy atom. The maximum atomic E-state index is 12.1. The van der Waals surface area contributed by atoms with E-state index in [-0.39, 0.29) is 19.8 Å². The number of unbranched alkanes of at least 4 members (excludes halogenated alkanes) is 4. The molecule has 7 nitrogen and oxygen atoms in total. The third kappa shape index (κ3) is 8.62. The molecule has 3 aromatic rings. The van der Waals surface area contributed by atoms with Crippen molar-refractivity contribution in [1.29, 1.82) is 0 Å². The summed E-state index contributed by atoms with van der Waals surface area (Å²) in [5.74, 6) is -0.673. The van der Waals surface area contributed by atoms with E-state index in [0.717, 1.165) is 38.6 Å². The number of carbonyl (C=O) groups excluding carboxylic acids is 1. The molecule has 0 radical (unpaired) electrons. The number of anilines is 2. The van der Waals surface area contributed by atoms with E-state index in [9.17, 15) is 9.59 Å². The van der Waals surface area contributed by atoms with Crippen LogP contribution in [0.25, 0.3) is 21.8 Å². The van der Waals surface area contributed by atoms with Crippen LogP contribution >= 0.6 is 0 Å². The number of amides is 1. The van der Waals surface area contributed by atoms with Crippen LogP contribution in [0.2, 0.25) is 0 Å². The zero-order chi connectivity index (χ0) is 26.1. The quantitative estimate of drug-likeness (QED) is 0.174. The van der Waals surface area contributed by atoms with Crippen molar-refractivity contribution in [2.24, 2.45) is 0 Å². The minimum Gasteiger partial charge on any atom is -0.481 e. The first kappa shape index (κ1) is 29.9. The normalized spacial score (nSPS) is 10.8. The summed E-state index contributed by atoms with van der Waals surface area (Å²) in [7, 11) is 8.27. The summed E-state index contributed by atoms with van der Waals surface area (Å²) in [4.78, 5) is 27.0. The lowest BCUT2D eigenvalue weighted by Crippen LogP contribution is -2.36. The van der Waals surface area contributed by atoms with Crippen LogP contribution in [0.3, 0.4) is 0 Å². The second-order valence-electron chi connectivity index (χ2n) is 9.94. The fraction of sp³-hybridized carbons (Fsp3) is 0.500. The Balaban J connectivity index is 0.00000481. The van der Waals surface area contributed by atoms with Crippen LogP contribution in [0.1, 0.15) is 58.8 Å². The number of hydrogen-bond acceptors (Lipinski definition) is 4. The second-order valence-corrected chi connectivity index (χ2v) is 9.94. The van der Waals surface area contributed by atoms with Crippen LogP contribution in [0, 0.1) is 0 Å². The fourth-order valence-corrected chi connectivity index (χ4v) is 4.50. The summed E-state index contributed by atoms with van der Waals surface area (Å²) in [6.07, 6.45) is 5.90. The lowest BCUT2D eigenvalue weighted by Gasteiger charge is -2.15. The van der Waals surface area contributed by atoms with E-state index in [4.69, 9.17) is 5.11 Å². The highest BCUT2D eigenvalue weighted by atomic mass is 16.4. The average molecular weight is 510 g/mol. The molecule has 0 saturated heterocycles. The van der Waals surface area contributed by atoms with E-state index < -0.39 is 5.97 Å². The van der Waals surface area contributed by atoms with Crippen molar-refractivity contribution >= 4 is 45.1 Å². The van der Waals surface area contributed by atoms with Crippen molar-refractivity contribution in [2.45, 2.75) is 65.3 Å². The Hall–Kier alpha value is -3.35. The number of aliphatic carboxylic acids is 1. The van der Waals surface area contributed by atoms with Gasteiger partial charge in [0.2, 0.25) is 16.9 Å². The SMILES string of the molecule is C.CN(C)c1ccc2cc3ccc(N(C)C)cc3[n+](CCCCCC(=O)NCCCCCC(=O)O)c2c1. The maximum absolute atomic E-state index is 12.1. The number of carboxylic acids is 1. The van der Waals surface area contributed by atoms with Crippen LogP contribution in [0.15, 0.2) is 42.5 Å². The van der Waals surface area contributed by atoms with E-state index in [1.54, 1.807) is 0 Å². The van der Waals surface area contributed by atoms with E-state index in [0.29, 0.717) is 19.4 Å². The van der Waals surface area contributed by atoms with Crippen molar-refractivity contribution in [2.75, 3.05) is 44.5 Å². The Morgan fingerprint density at radius 3 is 1.84 bits per heavy atom. The van der Waals surface area contributed by atoms with Gasteiger partial charge in [-0.1, -0.05) is 13.8 Å². The van der Waals surface area contributed by atoms with Gasteiger partial charge in [-0.05, 0) is 56.0 Å². The molecule has 1 aromatic heterocycles. The largest absolute Gasteiger partial charge is 0.481 e. The van der Waals surface area contributed by atoms with Crippen LogP contribution in [0.4, 0.5) is 11.4 Å². The fourth-order valence-electron chi connectivity index (χ4n) is 4.50. The molecule has 0 fully saturated rings. The van der Waals surface area contributed by atoms with E-state index >= 15 is 0 Å². The summed E-state index contributed by atoms with van der Waals surface area (Å²) in [5, 5.41) is 14.1. The van der Waals surface area contributed by atoms with Crippen molar-refractivity contribution in [3.8, 4) is 0 Å². The van der Waals surface area contributed by atoms with Gasteiger partial charge in [-0.2, -0.15) is 4.57 Å². The molecule has 202 valence electrons. The molecule has 0 atom stereocenters. The highest BCUT2D eigenvalue weighted by molar-refractivity contribution is 5.91. The molecule has 0 unspecified atom stereocenters. The summed E-state index contributed by atoms with van der Waals surface area (Å²) < 4.78 is 2.43. The predicted octanol–water partition coefficient (Wildman–Crippen LogP) is 5.37. The molecular formula is C30H45N4O3+. The molecule has 7 heteroatoms. The number of aromatic nitrogens is 1. The van der Waals surface area contributed by atoms with Gasteiger partial charge in [0.1, 0.15) is 6.54 Å². The number of fused-ring (bicyclic) bond motifs is 2. The average Bonchev–Trinajstić information content (AvgIpc) is 2.84. The standard InChI is InChI=1S/C29H40N4O3.CH4/c1-31(2)24-15-13-22-19-23-14-16-25(32(3)4)21-27(23)33(26(22)20-24)18-10-6-7-11-28(34)30-17-9-5-8-12-29(35)36;/h13-16,19-21H,5-12,17-18H2,1-4H3,(H-,30,34,35,36);1H4/p+1. The maximum Gasteiger partial charge on any atom is 0.303 e. The molecule has 3 rings (SSSR count). The number of benzene rings is 2. The van der Waals surface area contributed by atoms with E-state index in [1.807, 2.05) is 0 Å². The van der Waals surface area contributed by atoms with Gasteiger partial charge in [0.25, 0.3) is 0 Å². The number of rotatable bonds is 14. The molecule has 37 heavy (non-hydrogen) atoms. The van der Waals surface area contributed by atoms with Crippen LogP contribution < -0.4 is 19.7 Å². The van der Waals surface area contributed by atoms with Gasteiger partial charge < -0.3 is 20.2 Å². The number of carboxylic acid groups (broad SMARTS) is 1. The number of nitrogens with one attached hydrogen (secondary N) is 1. The zero-order valence-electron chi connectivity index (χ0n) is 22.2. The molecule has 0 saturated carbocycles. The minimum atomic E-state index is -0.759. The number of aryl methyl sites for hydroxylation is 1. The molecular weight excluding hydrogens is 464 g/mol. The first-order valence-corrected chi connectivity index (χ1v) is 13.0. The topological polar surface area (TPSA) is 76.8 Å². The first-order valence-electron chi connectivity index (χ1n) is 13.0. The number of hydrogen-bond donors (Lipinski definition) is 2. The third-order valence-corrected chi connectivity index (χ3v) is 6.63. The Bertz CT molecular complexity index is 1120. The zero-order valence-corrected chi connectivity index (χ0v) is 22.2. The summed E-state index contributed by atoms with van der Waals surface area (Å²) in [5.41, 5.74) is 4.81. The Morgan fingerprint density at radius 2 is 1.30 bits per heavy atom. The number of pyridine rings is 1. The van der Waals surface area contributed by atoms with Gasteiger partial charge in [0, 0.05) is 88.3 Å². The third-order valence-electron chi connectivity index (χ3n) is 6.63. The molecule has 2 N–H and O–H groups in total. The summed E-state index contributed by atoms with van der Waals surface area (Å²) in [6.45, 7) is 1.52. The first-order chi connectivity index (χ1) is 17.3. The number of carbonyl (C=O) groups is 2. The van der Waals surface area contributed by atoms with Crippen LogP contribution in [-0.4, -0.2) is 51.7 Å². The highest BCUT2D eigenvalue weighted by Gasteiger charge is 2.17. The van der Waals surface area contributed by atoms with Gasteiger partial charge in [-0.25, -0.2) is 0 Å². The van der Waals surface area contributed by atoms with Gasteiger partial charge in [0.15, 0.2) is 0 Å². The van der Waals surface area contributed by atoms with E-state index in [1.165, 1.54) is 33.2 Å². The molecule has 1 heterocycles. The van der Waals surface area contributed by atoms with Crippen LogP contribution in [-0.2, 0) is 16.1 Å². The molecule has 1 amide bonds.